The van der Waals surface area contributed by atoms with E-state index < -0.39 is 30.2 Å². The monoisotopic (exact) mass is 267 g/mol. The molecule has 3 amide bonds. The number of carbonyl (C=O) groups is 4. The summed E-state index contributed by atoms with van der Waals surface area (Å²) in [6.07, 6.45) is 1.15. The quantitative estimate of drug-likeness (QED) is 0.576. The molecule has 0 bridgehead atoms. The Morgan fingerprint density at radius 2 is 1.95 bits per heavy atom. The molecule has 1 aliphatic heterocycles. The van der Waals surface area contributed by atoms with Crippen molar-refractivity contribution in [3.05, 3.63) is 11.9 Å². The molecule has 10 nitrogen and oxygen atoms in total. The summed E-state index contributed by atoms with van der Waals surface area (Å²) in [6, 6.07) is 0. The summed E-state index contributed by atoms with van der Waals surface area (Å²) in [5, 5.41) is 17.6. The van der Waals surface area contributed by atoms with Gasteiger partial charge < -0.3 is 10.0 Å². The predicted octanol–water partition coefficient (Wildman–Crippen LogP) is -2.54. The van der Waals surface area contributed by atoms with Gasteiger partial charge in [-0.15, -0.1) is 5.10 Å². The largest absolute Gasteiger partial charge is 0.480 e. The molecule has 10 heteroatoms. The van der Waals surface area contributed by atoms with Gasteiger partial charge in [-0.3, -0.25) is 24.5 Å². The maximum atomic E-state index is 11.9. The first-order valence-electron chi connectivity index (χ1n) is 5.19. The molecule has 1 aromatic rings. The zero-order valence-electron chi connectivity index (χ0n) is 9.57. The van der Waals surface area contributed by atoms with Crippen LogP contribution in [0.2, 0.25) is 0 Å². The van der Waals surface area contributed by atoms with Gasteiger partial charge in [0.2, 0.25) is 11.8 Å². The number of carboxylic acids is 1. The van der Waals surface area contributed by atoms with E-state index in [0.717, 1.165) is 15.8 Å². The van der Waals surface area contributed by atoms with Crippen LogP contribution in [0.3, 0.4) is 0 Å². The molecule has 1 saturated heterocycles. The molecule has 0 aliphatic carbocycles. The van der Waals surface area contributed by atoms with Gasteiger partial charge in [0.25, 0.3) is 5.91 Å². The lowest BCUT2D eigenvalue weighted by atomic mass is 10.3. The molecule has 0 spiro atoms. The number of hydrogen-bond donors (Lipinski definition) is 2. The SMILES string of the molecule is O=C(O)Cn1cc(C(=O)N2CC(=O)NC(=O)C2)nn1. The van der Waals surface area contributed by atoms with Gasteiger partial charge >= 0.3 is 5.97 Å². The molecule has 2 heterocycles. The summed E-state index contributed by atoms with van der Waals surface area (Å²) in [5.41, 5.74) is -0.122. The molecule has 0 unspecified atom stereocenters. The molecule has 0 aromatic carbocycles. The van der Waals surface area contributed by atoms with Crippen LogP contribution in [0.1, 0.15) is 10.5 Å². The average Bonchev–Trinajstić information content (AvgIpc) is 2.74. The second-order valence-electron chi connectivity index (χ2n) is 3.83. The molecule has 19 heavy (non-hydrogen) atoms. The van der Waals surface area contributed by atoms with Gasteiger partial charge in [0.05, 0.1) is 6.20 Å². The molecular formula is C9H9N5O5. The maximum absolute atomic E-state index is 11.9. The van der Waals surface area contributed by atoms with Gasteiger partial charge in [-0.2, -0.15) is 0 Å². The van der Waals surface area contributed by atoms with Crippen molar-refractivity contribution in [2.24, 2.45) is 0 Å². The zero-order valence-corrected chi connectivity index (χ0v) is 9.57. The van der Waals surface area contributed by atoms with Crippen LogP contribution >= 0.6 is 0 Å². The Morgan fingerprint density at radius 1 is 1.32 bits per heavy atom. The minimum Gasteiger partial charge on any atom is -0.480 e. The number of aromatic nitrogens is 3. The van der Waals surface area contributed by atoms with E-state index in [1.54, 1.807) is 0 Å². The molecule has 0 radical (unpaired) electrons. The number of amides is 3. The topological polar surface area (TPSA) is 134 Å². The molecule has 2 rings (SSSR count). The Hall–Kier alpha value is -2.78. The lowest BCUT2D eigenvalue weighted by Gasteiger charge is -2.24. The molecule has 1 fully saturated rings. The van der Waals surface area contributed by atoms with E-state index in [0.29, 0.717) is 0 Å². The second-order valence-corrected chi connectivity index (χ2v) is 3.83. The van der Waals surface area contributed by atoms with E-state index >= 15 is 0 Å². The summed E-state index contributed by atoms with van der Waals surface area (Å²) in [5.74, 6) is -2.94. The lowest BCUT2D eigenvalue weighted by Crippen LogP contribution is -2.53. The normalized spacial score (nSPS) is 15.3. The van der Waals surface area contributed by atoms with Crippen LogP contribution in [0.15, 0.2) is 6.20 Å². The molecule has 1 aliphatic rings. The highest BCUT2D eigenvalue weighted by Crippen LogP contribution is 2.03. The molecular weight excluding hydrogens is 258 g/mol. The third-order valence-corrected chi connectivity index (χ3v) is 2.29. The first kappa shape index (κ1) is 12.7. The molecule has 0 atom stereocenters. The molecule has 2 N–H and O–H groups in total. The van der Waals surface area contributed by atoms with E-state index in [1.807, 2.05) is 0 Å². The Morgan fingerprint density at radius 3 is 2.53 bits per heavy atom. The summed E-state index contributed by atoms with van der Waals surface area (Å²) in [7, 11) is 0. The highest BCUT2D eigenvalue weighted by molar-refractivity contribution is 6.05. The van der Waals surface area contributed by atoms with Crippen LogP contribution in [0, 0.1) is 0 Å². The van der Waals surface area contributed by atoms with E-state index in [1.165, 1.54) is 0 Å². The number of nitrogens with one attached hydrogen (secondary N) is 1. The number of piperazine rings is 1. The van der Waals surface area contributed by atoms with Crippen LogP contribution in [0.5, 0.6) is 0 Å². The van der Waals surface area contributed by atoms with Crippen LogP contribution < -0.4 is 5.32 Å². The van der Waals surface area contributed by atoms with Crippen molar-refractivity contribution >= 4 is 23.7 Å². The third kappa shape index (κ3) is 2.91. The Labute approximate surface area is 106 Å². The van der Waals surface area contributed by atoms with Crippen molar-refractivity contribution in [3.63, 3.8) is 0 Å². The number of nitrogens with zero attached hydrogens (tertiary/aromatic N) is 4. The van der Waals surface area contributed by atoms with Crippen molar-refractivity contribution in [2.45, 2.75) is 6.54 Å². The number of carbonyl (C=O) groups excluding carboxylic acids is 3. The van der Waals surface area contributed by atoms with E-state index in [-0.39, 0.29) is 18.8 Å². The molecule has 0 saturated carbocycles. The minimum absolute atomic E-state index is 0.122. The highest BCUT2D eigenvalue weighted by Gasteiger charge is 2.28. The predicted molar refractivity (Wildman–Crippen MR) is 56.7 cm³/mol. The molecule has 1 aromatic heterocycles. The van der Waals surface area contributed by atoms with Gasteiger partial charge in [0, 0.05) is 0 Å². The first-order valence-corrected chi connectivity index (χ1v) is 5.19. The first-order chi connectivity index (χ1) is 8.95. The fraction of sp³-hybridized carbons (Fsp3) is 0.333. The third-order valence-electron chi connectivity index (χ3n) is 2.29. The highest BCUT2D eigenvalue weighted by atomic mass is 16.4. The van der Waals surface area contributed by atoms with Crippen molar-refractivity contribution in [2.75, 3.05) is 13.1 Å². The number of imide groups is 1. The van der Waals surface area contributed by atoms with Crippen LogP contribution in [-0.2, 0) is 20.9 Å². The molecule has 100 valence electrons. The van der Waals surface area contributed by atoms with Gasteiger partial charge in [0.15, 0.2) is 5.69 Å². The van der Waals surface area contributed by atoms with Crippen LogP contribution in [0.25, 0.3) is 0 Å². The summed E-state index contributed by atoms with van der Waals surface area (Å²) < 4.78 is 0.974. The maximum Gasteiger partial charge on any atom is 0.325 e. The van der Waals surface area contributed by atoms with Gasteiger partial charge in [-0.1, -0.05) is 5.21 Å². The van der Waals surface area contributed by atoms with E-state index in [9.17, 15) is 19.2 Å². The van der Waals surface area contributed by atoms with Gasteiger partial charge in [0.1, 0.15) is 19.6 Å². The van der Waals surface area contributed by atoms with Crippen LogP contribution in [0.4, 0.5) is 0 Å². The standard InChI is InChI=1S/C9H9N5O5/c15-6-2-13(3-7(16)10-6)9(19)5-1-14(12-11-5)4-8(17)18/h1H,2-4H2,(H,17,18)(H,10,15,16). The number of carboxylic acid groups (broad SMARTS) is 1. The summed E-state index contributed by atoms with van der Waals surface area (Å²) >= 11 is 0. The second kappa shape index (κ2) is 4.84. The van der Waals surface area contributed by atoms with Crippen molar-refractivity contribution in [1.82, 2.24) is 25.2 Å². The summed E-state index contributed by atoms with van der Waals surface area (Å²) in [4.78, 5) is 45.6. The fourth-order valence-corrected chi connectivity index (χ4v) is 1.56. The Kier molecular flexibility index (Phi) is 3.23. The smallest absolute Gasteiger partial charge is 0.325 e. The number of rotatable bonds is 3. The van der Waals surface area contributed by atoms with Gasteiger partial charge in [-0.05, 0) is 0 Å². The fourth-order valence-electron chi connectivity index (χ4n) is 1.56. The Balaban J connectivity index is 2.10. The zero-order chi connectivity index (χ0) is 14.0. The van der Waals surface area contributed by atoms with E-state index in [4.69, 9.17) is 5.11 Å². The average molecular weight is 267 g/mol. The van der Waals surface area contributed by atoms with E-state index in [2.05, 4.69) is 15.6 Å². The van der Waals surface area contributed by atoms with Crippen LogP contribution in [-0.4, -0.2) is 61.8 Å². The van der Waals surface area contributed by atoms with Crippen molar-refractivity contribution < 1.29 is 24.3 Å². The number of hydrogen-bond acceptors (Lipinski definition) is 6. The van der Waals surface area contributed by atoms with Gasteiger partial charge in [-0.25, -0.2) is 4.68 Å². The van der Waals surface area contributed by atoms with Crippen molar-refractivity contribution in [3.8, 4) is 0 Å². The Bertz CT molecular complexity index is 549. The number of aliphatic carboxylic acids is 1. The van der Waals surface area contributed by atoms with Crippen molar-refractivity contribution in [1.29, 1.82) is 0 Å². The minimum atomic E-state index is -1.13. The lowest BCUT2D eigenvalue weighted by molar-refractivity contribution is -0.138. The summed E-state index contributed by atoms with van der Waals surface area (Å²) in [6.45, 7) is -0.938.